The third kappa shape index (κ3) is 8.58. The quantitative estimate of drug-likeness (QED) is 0.285. The maximum Gasteiger partial charge on any atom is -0.172 e. The van der Waals surface area contributed by atoms with Gasteiger partial charge in [0.1, 0.15) is 0 Å². The first-order valence-corrected chi connectivity index (χ1v) is 13.2. The van der Waals surface area contributed by atoms with Gasteiger partial charge < -0.3 is 24.8 Å². The van der Waals surface area contributed by atoms with Crippen LogP contribution in [0.1, 0.15) is 78.4 Å². The van der Waals surface area contributed by atoms with Gasteiger partial charge in [0.15, 0.2) is 0 Å². The minimum atomic E-state index is 0. The summed E-state index contributed by atoms with van der Waals surface area (Å²) in [6, 6.07) is 26.2. The minimum absolute atomic E-state index is 0. The Morgan fingerprint density at radius 2 is 1.09 bits per heavy atom. The average Bonchev–Trinajstić information content (AvgIpc) is 3.48. The monoisotopic (exact) mass is 570 g/mol. The van der Waals surface area contributed by atoms with E-state index >= 15 is 0 Å². The number of rotatable bonds is 0. The fourth-order valence-corrected chi connectivity index (χ4v) is 4.95. The van der Waals surface area contributed by atoms with E-state index in [0.717, 1.165) is 0 Å². The van der Waals surface area contributed by atoms with Crippen LogP contribution in [-0.2, 0) is 35.1 Å². The van der Waals surface area contributed by atoms with Crippen molar-refractivity contribution in [3.63, 3.8) is 0 Å². The van der Waals surface area contributed by atoms with Gasteiger partial charge in [0.25, 0.3) is 0 Å². The van der Waals surface area contributed by atoms with Crippen molar-refractivity contribution in [1.29, 1.82) is 0 Å². The van der Waals surface area contributed by atoms with Crippen LogP contribution in [0.5, 0.6) is 0 Å². The molecule has 182 valence electrons. The van der Waals surface area contributed by atoms with Crippen molar-refractivity contribution in [1.82, 2.24) is 0 Å². The summed E-state index contributed by atoms with van der Waals surface area (Å²) in [7, 11) is 0. The van der Waals surface area contributed by atoms with Crippen LogP contribution in [0.2, 0.25) is 0 Å². The van der Waals surface area contributed by atoms with E-state index in [4.69, 9.17) is 0 Å². The van der Waals surface area contributed by atoms with Gasteiger partial charge in [0.05, 0.1) is 0 Å². The van der Waals surface area contributed by atoms with E-state index in [9.17, 15) is 0 Å². The van der Waals surface area contributed by atoms with E-state index in [2.05, 4.69) is 84.0 Å². The van der Waals surface area contributed by atoms with Gasteiger partial charge in [-0.1, -0.05) is 76.9 Å². The second kappa shape index (κ2) is 13.3. The number of halogens is 2. The largest absolute Gasteiger partial charge is 0.214 e. The maximum atomic E-state index is 2.35. The Morgan fingerprint density at radius 3 is 1.35 bits per heavy atom. The topological polar surface area (TPSA) is 0 Å². The van der Waals surface area contributed by atoms with Gasteiger partial charge in [-0.25, -0.2) is 12.1 Å². The average molecular weight is 573 g/mol. The third-order valence-electron chi connectivity index (χ3n) is 6.20. The first-order chi connectivity index (χ1) is 15.1. The number of benzene rings is 2. The Labute approximate surface area is 234 Å². The Kier molecular flexibility index (Phi) is 12.2. The summed E-state index contributed by atoms with van der Waals surface area (Å²) < 4.78 is 1.79. The first-order valence-electron chi connectivity index (χ1n) is 11.9. The molecule has 0 amide bonds. The number of hydrogen-bond acceptors (Lipinski definition) is 0. The normalized spacial score (nSPS) is 13.4. The van der Waals surface area contributed by atoms with Gasteiger partial charge in [0.2, 0.25) is 0 Å². The molecule has 34 heavy (non-hydrogen) atoms. The van der Waals surface area contributed by atoms with Gasteiger partial charge in [-0.05, 0) is 10.8 Å². The predicted octanol–water partition coefficient (Wildman–Crippen LogP) is 3.00. The van der Waals surface area contributed by atoms with Crippen LogP contribution in [0.3, 0.4) is 0 Å². The molecule has 0 atom stereocenters. The van der Waals surface area contributed by atoms with Crippen LogP contribution in [0, 0.1) is 0 Å². The summed E-state index contributed by atoms with van der Waals surface area (Å²) in [6.45, 7) is 13.6. The third-order valence-corrected chi connectivity index (χ3v) is 7.43. The molecule has 1 aliphatic rings. The molecule has 4 aromatic carbocycles. The van der Waals surface area contributed by atoms with Crippen molar-refractivity contribution < 1.29 is 49.0 Å². The minimum Gasteiger partial charge on any atom is -0.214 e. The van der Waals surface area contributed by atoms with Crippen LogP contribution in [0.15, 0.2) is 72.8 Å². The summed E-state index contributed by atoms with van der Waals surface area (Å²) in [5.74, 6) is 0. The van der Waals surface area contributed by atoms with E-state index in [-0.39, 0.29) is 35.6 Å². The van der Waals surface area contributed by atoms with Crippen LogP contribution in [-0.4, -0.2) is 3.21 Å². The molecule has 5 rings (SSSR count). The zero-order valence-electron chi connectivity index (χ0n) is 21.5. The molecule has 0 unspecified atom stereocenters. The Balaban J connectivity index is 0.000000367. The van der Waals surface area contributed by atoms with Crippen LogP contribution < -0.4 is 24.8 Å². The standard InChI is InChI=1S/C21H25.C5H8.C5H5.2ClH.Zr/c1-20(2,3)16-7-9-18-14(12-16)11-15-13-17(21(4,5)6)8-10-19(15)18;2*1-2-4-5-3-1;;;/h7-13H,1-6H3;1-4H2;1-5H;2*1H;/q-1;;-1;;;+2/p-2. The molecule has 1 fully saturated rings. The van der Waals surface area contributed by atoms with Crippen LogP contribution in [0.4, 0.5) is 0 Å². The summed E-state index contributed by atoms with van der Waals surface area (Å²) >= 11 is 1.68. The zero-order chi connectivity index (χ0) is 23.4. The predicted molar refractivity (Wildman–Crippen MR) is 140 cm³/mol. The van der Waals surface area contributed by atoms with Crippen molar-refractivity contribution in [3.05, 3.63) is 83.9 Å². The van der Waals surface area contributed by atoms with Crippen molar-refractivity contribution in [2.75, 3.05) is 0 Å². The van der Waals surface area contributed by atoms with E-state index in [0.29, 0.717) is 0 Å². The zero-order valence-corrected chi connectivity index (χ0v) is 25.5. The Hall–Kier alpha value is -1.01. The molecule has 0 heterocycles. The molecule has 3 heteroatoms. The molecule has 1 aliphatic carbocycles. The van der Waals surface area contributed by atoms with Crippen molar-refractivity contribution in [2.45, 2.75) is 78.1 Å². The molecule has 0 bridgehead atoms. The molecule has 0 nitrogen and oxygen atoms in total. The van der Waals surface area contributed by atoms with Gasteiger partial charge in [-0.15, -0.1) is 39.7 Å². The molecule has 0 aromatic heterocycles. The first kappa shape index (κ1) is 31.0. The van der Waals surface area contributed by atoms with Gasteiger partial charge in [-0.2, -0.15) is 18.2 Å². The molecule has 0 N–H and O–H groups in total. The van der Waals surface area contributed by atoms with Crippen LogP contribution in [0.25, 0.3) is 21.5 Å². The fraction of sp³-hybridized carbons (Fsp3) is 0.387. The molecule has 0 radical (unpaired) electrons. The van der Waals surface area contributed by atoms with E-state index in [1.54, 1.807) is 27.4 Å². The van der Waals surface area contributed by atoms with Crippen LogP contribution >= 0.6 is 0 Å². The van der Waals surface area contributed by atoms with Crippen molar-refractivity contribution in [2.24, 2.45) is 0 Å². The van der Waals surface area contributed by atoms with Gasteiger partial charge in [-0.3, -0.25) is 0 Å². The van der Waals surface area contributed by atoms with Crippen molar-refractivity contribution >= 4 is 24.8 Å². The summed E-state index contributed by atoms with van der Waals surface area (Å²) in [6.07, 6.45) is 5.83. The molecular weight excluding hydrogens is 534 g/mol. The SMILES string of the molecule is CC(C)(C)c1ccc2c(c1)[cH-]c1cc(C(C)(C)C)ccc12.[Cl-].[Cl-].[Zr+2]=[C]1CCCC1.c1cc[cH-]c1. The maximum absolute atomic E-state index is 2.35. The second-order valence-corrected chi connectivity index (χ2v) is 12.8. The summed E-state index contributed by atoms with van der Waals surface area (Å²) in [4.78, 5) is 0. The smallest absolute Gasteiger partial charge is 0.172 e. The Morgan fingerprint density at radius 1 is 0.676 bits per heavy atom. The molecule has 0 saturated heterocycles. The second-order valence-electron chi connectivity index (χ2n) is 11.0. The van der Waals surface area contributed by atoms with Crippen molar-refractivity contribution in [3.8, 4) is 0 Å². The van der Waals surface area contributed by atoms with E-state index in [1.165, 1.54) is 58.4 Å². The molecule has 4 aromatic rings. The molecular formula is C31H38Cl2Zr-2. The summed E-state index contributed by atoms with van der Waals surface area (Å²) in [5, 5.41) is 5.48. The van der Waals surface area contributed by atoms with E-state index < -0.39 is 0 Å². The molecule has 0 spiro atoms. The summed E-state index contributed by atoms with van der Waals surface area (Å²) in [5.41, 5.74) is 3.21. The Bertz CT molecular complexity index is 1060. The molecule has 0 aliphatic heterocycles. The van der Waals surface area contributed by atoms with Gasteiger partial charge >= 0.3 is 53.1 Å². The number of fused-ring (bicyclic) bond motifs is 3. The van der Waals surface area contributed by atoms with Gasteiger partial charge in [0, 0.05) is 0 Å². The molecule has 1 saturated carbocycles. The van der Waals surface area contributed by atoms with E-state index in [1.807, 2.05) is 30.3 Å². The number of hydrogen-bond donors (Lipinski definition) is 0. The fourth-order valence-electron chi connectivity index (χ4n) is 4.08.